The van der Waals surface area contributed by atoms with Crippen molar-refractivity contribution in [3.8, 4) is 5.69 Å². The molecule has 0 unspecified atom stereocenters. The van der Waals surface area contributed by atoms with Crippen molar-refractivity contribution in [3.63, 3.8) is 0 Å². The van der Waals surface area contributed by atoms with Crippen LogP contribution >= 0.6 is 24.0 Å². The summed E-state index contributed by atoms with van der Waals surface area (Å²) in [5.41, 5.74) is 0.847. The van der Waals surface area contributed by atoms with E-state index in [4.69, 9.17) is 0 Å². The van der Waals surface area contributed by atoms with Gasteiger partial charge in [-0.3, -0.25) is 0 Å². The van der Waals surface area contributed by atoms with E-state index in [1.165, 1.54) is 16.8 Å². The molecule has 0 saturated carbocycles. The van der Waals surface area contributed by atoms with Crippen LogP contribution in [0.25, 0.3) is 5.69 Å². The number of isothiocyanates is 1. The summed E-state index contributed by atoms with van der Waals surface area (Å²) >= 11 is 6.27. The van der Waals surface area contributed by atoms with Crippen molar-refractivity contribution >= 4 is 34.8 Å². The summed E-state index contributed by atoms with van der Waals surface area (Å²) < 4.78 is 30.1. The maximum Gasteiger partial charge on any atom is 0.151 e. The zero-order valence-electron chi connectivity index (χ0n) is 12.1. The highest BCUT2D eigenvalue weighted by molar-refractivity contribution is 7.99. The van der Waals surface area contributed by atoms with Gasteiger partial charge >= 0.3 is 0 Å². The van der Waals surface area contributed by atoms with Crippen LogP contribution in [-0.4, -0.2) is 44.8 Å². The molecule has 5 nitrogen and oxygen atoms in total. The minimum Gasteiger partial charge on any atom is -0.365 e. The van der Waals surface area contributed by atoms with Gasteiger partial charge in [0.1, 0.15) is 11.4 Å². The fraction of sp³-hybridized carbons (Fsp3) is 0.357. The smallest absolute Gasteiger partial charge is 0.151 e. The average molecular weight is 353 g/mol. The number of anilines is 1. The predicted molar refractivity (Wildman–Crippen MR) is 89.5 cm³/mol. The lowest BCUT2D eigenvalue weighted by Crippen LogP contribution is -2.33. The summed E-state index contributed by atoms with van der Waals surface area (Å²) in [5, 5.41) is 9.97. The zero-order chi connectivity index (χ0) is 16.2. The van der Waals surface area contributed by atoms with E-state index in [9.17, 15) is 8.78 Å². The molecule has 0 N–H and O–H groups in total. The number of nitrogens with zero attached hydrogens (tertiary/aromatic N) is 5. The van der Waals surface area contributed by atoms with Gasteiger partial charge in [-0.15, -0.1) is 5.10 Å². The summed E-state index contributed by atoms with van der Waals surface area (Å²) in [6, 6.07) is 2.53. The molecule has 2 heterocycles. The molecule has 1 aromatic carbocycles. The third-order valence-corrected chi connectivity index (χ3v) is 4.51. The second-order valence-corrected chi connectivity index (χ2v) is 6.33. The Morgan fingerprint density at radius 1 is 1.26 bits per heavy atom. The largest absolute Gasteiger partial charge is 0.365 e. The van der Waals surface area contributed by atoms with Crippen molar-refractivity contribution < 1.29 is 8.78 Å². The number of thiocarbonyl (C=S) groups is 1. The highest BCUT2D eigenvalue weighted by atomic mass is 32.2. The number of aliphatic imine (C=N–C) groups is 1. The SMILES string of the molecule is Fc1cc(-n2cc(CN=C=S)nn2)cc(F)c1N1CCSCC1. The van der Waals surface area contributed by atoms with Crippen molar-refractivity contribution in [2.75, 3.05) is 29.5 Å². The summed E-state index contributed by atoms with van der Waals surface area (Å²) in [6.45, 7) is 1.51. The molecule has 0 aliphatic carbocycles. The van der Waals surface area contributed by atoms with Crippen LogP contribution in [0.4, 0.5) is 14.5 Å². The fourth-order valence-electron chi connectivity index (χ4n) is 2.38. The van der Waals surface area contributed by atoms with Gasteiger partial charge in [0, 0.05) is 36.7 Å². The molecule has 120 valence electrons. The Labute approximate surface area is 141 Å². The van der Waals surface area contributed by atoms with E-state index in [0.29, 0.717) is 18.8 Å². The van der Waals surface area contributed by atoms with Crippen molar-refractivity contribution in [1.29, 1.82) is 0 Å². The van der Waals surface area contributed by atoms with E-state index in [1.807, 2.05) is 0 Å². The Balaban J connectivity index is 1.89. The standard InChI is InChI=1S/C14H13F2N5S2/c15-12-5-11(21-8-10(18-19-21)7-17-9-22)6-13(16)14(12)20-1-3-23-4-2-20/h5-6,8H,1-4,7H2. The van der Waals surface area contributed by atoms with Crippen LogP contribution in [0.3, 0.4) is 0 Å². The van der Waals surface area contributed by atoms with Gasteiger partial charge in [-0.1, -0.05) is 5.21 Å². The number of rotatable bonds is 4. The van der Waals surface area contributed by atoms with Crippen LogP contribution < -0.4 is 4.90 Å². The Kier molecular flexibility index (Phi) is 5.00. The molecule has 3 rings (SSSR count). The molecule has 0 spiro atoms. The van der Waals surface area contributed by atoms with Gasteiger partial charge in [0.15, 0.2) is 11.6 Å². The lowest BCUT2D eigenvalue weighted by Gasteiger charge is -2.29. The van der Waals surface area contributed by atoms with E-state index < -0.39 is 11.6 Å². The van der Waals surface area contributed by atoms with Crippen LogP contribution in [0.15, 0.2) is 23.3 Å². The Morgan fingerprint density at radius 3 is 2.61 bits per heavy atom. The van der Waals surface area contributed by atoms with Gasteiger partial charge < -0.3 is 4.90 Å². The number of hydrogen-bond acceptors (Lipinski definition) is 6. The molecular weight excluding hydrogens is 340 g/mol. The van der Waals surface area contributed by atoms with Crippen molar-refractivity contribution in [2.45, 2.75) is 6.54 Å². The van der Waals surface area contributed by atoms with E-state index in [2.05, 4.69) is 32.7 Å². The van der Waals surface area contributed by atoms with Crippen LogP contribution in [0, 0.1) is 11.6 Å². The summed E-state index contributed by atoms with van der Waals surface area (Å²) in [6.07, 6.45) is 1.56. The highest BCUT2D eigenvalue weighted by Gasteiger charge is 2.20. The fourth-order valence-corrected chi connectivity index (χ4v) is 3.35. The maximum atomic E-state index is 14.4. The maximum absolute atomic E-state index is 14.4. The molecule has 1 fully saturated rings. The third-order valence-electron chi connectivity index (χ3n) is 3.44. The molecule has 1 aliphatic rings. The molecule has 1 aromatic heterocycles. The van der Waals surface area contributed by atoms with Gasteiger partial charge in [0.25, 0.3) is 0 Å². The minimum atomic E-state index is -0.596. The van der Waals surface area contributed by atoms with E-state index in [-0.39, 0.29) is 17.9 Å². The lowest BCUT2D eigenvalue weighted by molar-refractivity contribution is 0.570. The molecule has 0 radical (unpaired) electrons. The molecule has 1 aliphatic heterocycles. The second kappa shape index (κ2) is 7.16. The van der Waals surface area contributed by atoms with Crippen LogP contribution in [0.1, 0.15) is 5.69 Å². The first-order chi connectivity index (χ1) is 11.2. The minimum absolute atomic E-state index is 0.0275. The highest BCUT2D eigenvalue weighted by Crippen LogP contribution is 2.28. The van der Waals surface area contributed by atoms with Crippen LogP contribution in [0.2, 0.25) is 0 Å². The molecule has 2 aromatic rings. The van der Waals surface area contributed by atoms with Gasteiger partial charge in [0.05, 0.1) is 23.6 Å². The molecule has 23 heavy (non-hydrogen) atoms. The first kappa shape index (κ1) is 16.0. The molecule has 0 amide bonds. The first-order valence-electron chi connectivity index (χ1n) is 6.96. The molecule has 0 atom stereocenters. The second-order valence-electron chi connectivity index (χ2n) is 4.92. The number of hydrogen-bond donors (Lipinski definition) is 0. The average Bonchev–Trinajstić information content (AvgIpc) is 3.02. The predicted octanol–water partition coefficient (Wildman–Crippen LogP) is 2.70. The molecule has 1 saturated heterocycles. The third kappa shape index (κ3) is 3.57. The summed E-state index contributed by atoms with van der Waals surface area (Å²) in [7, 11) is 0. The first-order valence-corrected chi connectivity index (χ1v) is 8.52. The van der Waals surface area contributed by atoms with Crippen molar-refractivity contribution in [3.05, 3.63) is 35.7 Å². The van der Waals surface area contributed by atoms with Gasteiger partial charge in [-0.25, -0.2) is 18.5 Å². The van der Waals surface area contributed by atoms with Gasteiger partial charge in [0.2, 0.25) is 0 Å². The van der Waals surface area contributed by atoms with Gasteiger partial charge in [-0.05, 0) is 12.2 Å². The van der Waals surface area contributed by atoms with E-state index in [1.54, 1.807) is 22.9 Å². The molecule has 9 heteroatoms. The Morgan fingerprint density at radius 2 is 1.96 bits per heavy atom. The number of benzene rings is 1. The number of thioether (sulfide) groups is 1. The van der Waals surface area contributed by atoms with Crippen molar-refractivity contribution in [2.24, 2.45) is 4.99 Å². The Hall–Kier alpha value is -1.83. The quantitative estimate of drug-likeness (QED) is 0.625. The number of aromatic nitrogens is 3. The van der Waals surface area contributed by atoms with E-state index >= 15 is 0 Å². The normalized spacial score (nSPS) is 14.6. The van der Waals surface area contributed by atoms with Crippen LogP contribution in [0.5, 0.6) is 0 Å². The summed E-state index contributed by atoms with van der Waals surface area (Å²) in [4.78, 5) is 5.49. The van der Waals surface area contributed by atoms with E-state index in [0.717, 1.165) is 11.5 Å². The van der Waals surface area contributed by atoms with Crippen molar-refractivity contribution in [1.82, 2.24) is 15.0 Å². The lowest BCUT2D eigenvalue weighted by atomic mass is 10.2. The monoisotopic (exact) mass is 353 g/mol. The molecule has 0 bridgehead atoms. The van der Waals surface area contributed by atoms with Crippen LogP contribution in [-0.2, 0) is 6.54 Å². The van der Waals surface area contributed by atoms with Gasteiger partial charge in [-0.2, -0.15) is 11.8 Å². The zero-order valence-corrected chi connectivity index (χ0v) is 13.7. The topological polar surface area (TPSA) is 46.3 Å². The Bertz CT molecular complexity index is 728. The number of halogens is 2. The summed E-state index contributed by atoms with van der Waals surface area (Å²) in [5.74, 6) is 0.544. The molecular formula is C14H13F2N5S2.